The van der Waals surface area contributed by atoms with E-state index in [9.17, 15) is 14.4 Å². The fourth-order valence-electron chi connectivity index (χ4n) is 3.09. The van der Waals surface area contributed by atoms with E-state index in [2.05, 4.69) is 24.1 Å². The van der Waals surface area contributed by atoms with Crippen molar-refractivity contribution in [3.63, 3.8) is 0 Å². The van der Waals surface area contributed by atoms with Gasteiger partial charge >= 0.3 is 5.97 Å². The van der Waals surface area contributed by atoms with Crippen LogP contribution in [0, 0.1) is 13.8 Å². The molecule has 0 atom stereocenters. The van der Waals surface area contributed by atoms with Crippen LogP contribution in [0.25, 0.3) is 0 Å². The summed E-state index contributed by atoms with van der Waals surface area (Å²) < 4.78 is 5.30. The summed E-state index contributed by atoms with van der Waals surface area (Å²) in [5.41, 5.74) is 3.82. The molecule has 0 aromatic heterocycles. The van der Waals surface area contributed by atoms with E-state index in [0.29, 0.717) is 30.0 Å². The first-order chi connectivity index (χ1) is 14.8. The summed E-state index contributed by atoms with van der Waals surface area (Å²) >= 11 is 0. The lowest BCUT2D eigenvalue weighted by atomic mass is 10.0. The smallest absolute Gasteiger partial charge is 0.338 e. The molecule has 31 heavy (non-hydrogen) atoms. The minimum Gasteiger partial charge on any atom is -0.461 e. The monoisotopic (exact) mass is 424 g/mol. The molecule has 0 bridgehead atoms. The SMILES string of the molecule is CCN(CC)CCOC(=O)c1ccc(NC(=O)CCC(=O)c2ccc(C)c(C)c2)cc1. The van der Waals surface area contributed by atoms with E-state index in [1.54, 1.807) is 30.3 Å². The second-order valence-electron chi connectivity index (χ2n) is 7.51. The van der Waals surface area contributed by atoms with Gasteiger partial charge in [-0.1, -0.05) is 26.0 Å². The second kappa shape index (κ2) is 12.0. The first kappa shape index (κ1) is 24.3. The average molecular weight is 425 g/mol. The number of hydrogen-bond acceptors (Lipinski definition) is 5. The third-order valence-electron chi connectivity index (χ3n) is 5.35. The summed E-state index contributed by atoms with van der Waals surface area (Å²) in [6, 6.07) is 12.1. The van der Waals surface area contributed by atoms with Gasteiger partial charge in [-0.25, -0.2) is 4.79 Å². The normalized spacial score (nSPS) is 10.7. The molecule has 0 unspecified atom stereocenters. The van der Waals surface area contributed by atoms with Crippen LogP contribution in [0.1, 0.15) is 58.5 Å². The summed E-state index contributed by atoms with van der Waals surface area (Å²) in [7, 11) is 0. The summed E-state index contributed by atoms with van der Waals surface area (Å²) in [5, 5.41) is 2.76. The maximum absolute atomic E-state index is 12.3. The van der Waals surface area contributed by atoms with Crippen LogP contribution in [-0.4, -0.2) is 48.8 Å². The molecular weight excluding hydrogens is 392 g/mol. The molecule has 2 aromatic carbocycles. The van der Waals surface area contributed by atoms with E-state index < -0.39 is 0 Å². The number of carbonyl (C=O) groups is 3. The molecule has 0 aliphatic heterocycles. The Balaban J connectivity index is 1.79. The summed E-state index contributed by atoms with van der Waals surface area (Å²) in [6.45, 7) is 11.0. The number of nitrogens with one attached hydrogen (secondary N) is 1. The number of benzene rings is 2. The van der Waals surface area contributed by atoms with E-state index >= 15 is 0 Å². The lowest BCUT2D eigenvalue weighted by Crippen LogP contribution is -2.27. The van der Waals surface area contributed by atoms with Gasteiger partial charge in [0.1, 0.15) is 6.61 Å². The lowest BCUT2D eigenvalue weighted by Gasteiger charge is -2.17. The molecule has 166 valence electrons. The molecule has 1 N–H and O–H groups in total. The summed E-state index contributed by atoms with van der Waals surface area (Å²) in [6.07, 6.45) is 0.242. The fraction of sp³-hybridized carbons (Fsp3) is 0.400. The van der Waals surface area contributed by atoms with Gasteiger partial charge in [0.2, 0.25) is 5.91 Å². The van der Waals surface area contributed by atoms with Crippen LogP contribution < -0.4 is 5.32 Å². The van der Waals surface area contributed by atoms with Crippen LogP contribution in [0.4, 0.5) is 5.69 Å². The molecule has 0 spiro atoms. The zero-order valence-corrected chi connectivity index (χ0v) is 18.9. The molecule has 0 saturated carbocycles. The minimum atomic E-state index is -0.385. The highest BCUT2D eigenvalue weighted by Gasteiger charge is 2.12. The van der Waals surface area contributed by atoms with E-state index in [4.69, 9.17) is 4.74 Å². The Morgan fingerprint density at radius 1 is 0.871 bits per heavy atom. The number of likely N-dealkylation sites (N-methyl/N-ethyl adjacent to an activating group) is 1. The Bertz CT molecular complexity index is 902. The molecule has 2 rings (SSSR count). The number of esters is 1. The van der Waals surface area contributed by atoms with E-state index in [0.717, 1.165) is 24.2 Å². The second-order valence-corrected chi connectivity index (χ2v) is 7.51. The summed E-state index contributed by atoms with van der Waals surface area (Å²) in [4.78, 5) is 38.8. The molecule has 0 aliphatic rings. The van der Waals surface area contributed by atoms with Crippen LogP contribution in [0.3, 0.4) is 0 Å². The van der Waals surface area contributed by atoms with Crippen molar-refractivity contribution in [1.29, 1.82) is 0 Å². The molecule has 2 aromatic rings. The van der Waals surface area contributed by atoms with Crippen molar-refractivity contribution in [2.75, 3.05) is 31.6 Å². The molecule has 6 nitrogen and oxygen atoms in total. The van der Waals surface area contributed by atoms with Crippen LogP contribution in [0.15, 0.2) is 42.5 Å². The highest BCUT2D eigenvalue weighted by Crippen LogP contribution is 2.14. The van der Waals surface area contributed by atoms with Crippen molar-refractivity contribution in [2.45, 2.75) is 40.5 Å². The molecule has 0 saturated heterocycles. The third kappa shape index (κ3) is 7.64. The number of aryl methyl sites for hydroxylation is 2. The predicted molar refractivity (Wildman–Crippen MR) is 123 cm³/mol. The van der Waals surface area contributed by atoms with Crippen LogP contribution in [0.2, 0.25) is 0 Å². The zero-order valence-electron chi connectivity index (χ0n) is 18.9. The van der Waals surface area contributed by atoms with E-state index in [-0.39, 0.29) is 30.5 Å². The number of rotatable bonds is 11. The van der Waals surface area contributed by atoms with Crippen molar-refractivity contribution in [1.82, 2.24) is 4.90 Å². The topological polar surface area (TPSA) is 75.7 Å². The first-order valence-electron chi connectivity index (χ1n) is 10.7. The number of hydrogen-bond donors (Lipinski definition) is 1. The predicted octanol–water partition coefficient (Wildman–Crippen LogP) is 4.40. The van der Waals surface area contributed by atoms with Crippen LogP contribution in [0.5, 0.6) is 0 Å². The van der Waals surface area contributed by atoms with Crippen LogP contribution in [-0.2, 0) is 9.53 Å². The quantitative estimate of drug-likeness (QED) is 0.427. The molecule has 0 fully saturated rings. The van der Waals surface area contributed by atoms with Gasteiger partial charge < -0.3 is 15.0 Å². The zero-order chi connectivity index (χ0) is 22.8. The Morgan fingerprint density at radius 3 is 2.13 bits per heavy atom. The number of ketones is 1. The number of Topliss-reactive ketones (excluding diaryl/α,β-unsaturated/α-hetero) is 1. The first-order valence-corrected chi connectivity index (χ1v) is 10.7. The van der Waals surface area contributed by atoms with E-state index in [1.807, 2.05) is 26.0 Å². The maximum Gasteiger partial charge on any atom is 0.338 e. The van der Waals surface area contributed by atoms with Crippen molar-refractivity contribution >= 4 is 23.3 Å². The molecule has 0 heterocycles. The van der Waals surface area contributed by atoms with Gasteiger partial charge in [-0.3, -0.25) is 9.59 Å². The number of amides is 1. The largest absolute Gasteiger partial charge is 0.461 e. The number of ether oxygens (including phenoxy) is 1. The molecular formula is C25H32N2O4. The van der Waals surface area contributed by atoms with Crippen molar-refractivity contribution in [2.24, 2.45) is 0 Å². The van der Waals surface area contributed by atoms with Crippen molar-refractivity contribution < 1.29 is 19.1 Å². The Kier molecular flexibility index (Phi) is 9.40. The van der Waals surface area contributed by atoms with Crippen molar-refractivity contribution in [3.05, 3.63) is 64.7 Å². The van der Waals surface area contributed by atoms with Crippen molar-refractivity contribution in [3.8, 4) is 0 Å². The summed E-state index contributed by atoms with van der Waals surface area (Å²) in [5.74, 6) is -0.684. The van der Waals surface area contributed by atoms with Gasteiger partial charge in [-0.05, 0) is 68.4 Å². The highest BCUT2D eigenvalue weighted by molar-refractivity contribution is 6.00. The van der Waals surface area contributed by atoms with Gasteiger partial charge in [0, 0.05) is 30.6 Å². The lowest BCUT2D eigenvalue weighted by molar-refractivity contribution is -0.116. The Labute approximate surface area is 184 Å². The third-order valence-corrected chi connectivity index (χ3v) is 5.35. The number of nitrogens with zero attached hydrogens (tertiary/aromatic N) is 1. The number of anilines is 1. The molecule has 1 amide bonds. The fourth-order valence-corrected chi connectivity index (χ4v) is 3.09. The minimum absolute atomic E-state index is 0.0546. The molecule has 0 radical (unpaired) electrons. The average Bonchev–Trinajstić information content (AvgIpc) is 2.77. The van der Waals surface area contributed by atoms with Gasteiger partial charge in [-0.2, -0.15) is 0 Å². The molecule has 6 heteroatoms. The highest BCUT2D eigenvalue weighted by atomic mass is 16.5. The van der Waals surface area contributed by atoms with E-state index in [1.165, 1.54) is 0 Å². The maximum atomic E-state index is 12.3. The van der Waals surface area contributed by atoms with Gasteiger partial charge in [-0.15, -0.1) is 0 Å². The van der Waals surface area contributed by atoms with Gasteiger partial charge in [0.05, 0.1) is 5.56 Å². The molecule has 0 aliphatic carbocycles. The van der Waals surface area contributed by atoms with Gasteiger partial charge in [0.15, 0.2) is 5.78 Å². The number of carbonyl (C=O) groups excluding carboxylic acids is 3. The standard InChI is InChI=1S/C25H32N2O4/c1-5-27(6-2)15-16-31-25(30)20-9-11-22(12-10-20)26-24(29)14-13-23(28)21-8-7-18(3)19(4)17-21/h7-12,17H,5-6,13-16H2,1-4H3,(H,26,29). The van der Waals surface area contributed by atoms with Gasteiger partial charge in [0.25, 0.3) is 0 Å². The Morgan fingerprint density at radius 2 is 1.52 bits per heavy atom. The van der Waals surface area contributed by atoms with Crippen LogP contribution >= 0.6 is 0 Å². The Hall–Kier alpha value is -2.99.